The van der Waals surface area contributed by atoms with Crippen LogP contribution in [0.2, 0.25) is 0 Å². The molecule has 1 N–H and O–H groups in total. The molecule has 0 radical (unpaired) electrons. The Morgan fingerprint density at radius 2 is 1.73 bits per heavy atom. The second-order valence-corrected chi connectivity index (χ2v) is 11.2. The van der Waals surface area contributed by atoms with Crippen molar-refractivity contribution in [1.29, 1.82) is 0 Å². The summed E-state index contributed by atoms with van der Waals surface area (Å²) in [6.45, 7) is 6.18. The number of nitrogens with zero attached hydrogens (tertiary/aromatic N) is 2. The van der Waals surface area contributed by atoms with Gasteiger partial charge in [0.2, 0.25) is 5.91 Å². The molecule has 2 amide bonds. The van der Waals surface area contributed by atoms with E-state index in [1.54, 1.807) is 4.90 Å². The highest BCUT2D eigenvalue weighted by atomic mass is 16.6. The van der Waals surface area contributed by atoms with Crippen LogP contribution in [0.3, 0.4) is 0 Å². The fraction of sp³-hybridized carbons (Fsp3) is 0.484. The Morgan fingerprint density at radius 3 is 2.46 bits per heavy atom. The topological polar surface area (TPSA) is 65.6 Å². The highest BCUT2D eigenvalue weighted by molar-refractivity contribution is 5.86. The summed E-state index contributed by atoms with van der Waals surface area (Å²) in [5, 5.41) is 1.29. The number of ether oxygens (including phenoxy) is 1. The second kappa shape index (κ2) is 11.0. The van der Waals surface area contributed by atoms with Crippen LogP contribution in [0.15, 0.2) is 54.6 Å². The summed E-state index contributed by atoms with van der Waals surface area (Å²) in [5.74, 6) is 1.11. The van der Waals surface area contributed by atoms with Gasteiger partial charge in [-0.15, -0.1) is 0 Å². The first-order valence-electron chi connectivity index (χ1n) is 13.7. The van der Waals surface area contributed by atoms with Crippen LogP contribution in [0.25, 0.3) is 10.9 Å². The van der Waals surface area contributed by atoms with E-state index in [-0.39, 0.29) is 24.7 Å². The van der Waals surface area contributed by atoms with Gasteiger partial charge in [0, 0.05) is 42.7 Å². The molecule has 3 aromatic rings. The molecule has 5 rings (SSSR count). The van der Waals surface area contributed by atoms with Crippen LogP contribution < -0.4 is 0 Å². The van der Waals surface area contributed by atoms with E-state index < -0.39 is 0 Å². The summed E-state index contributed by atoms with van der Waals surface area (Å²) in [6.07, 6.45) is 4.31. The highest BCUT2D eigenvalue weighted by Gasteiger charge is 2.38. The molecule has 2 aliphatic rings. The molecule has 0 bridgehead atoms. The molecular formula is C31H39N3O3. The Bertz CT molecular complexity index is 1230. The summed E-state index contributed by atoms with van der Waals surface area (Å²) in [7, 11) is 1.81. The molecule has 37 heavy (non-hydrogen) atoms. The molecule has 2 heterocycles. The van der Waals surface area contributed by atoms with Gasteiger partial charge in [-0.2, -0.15) is 0 Å². The number of aromatic amines is 1. The van der Waals surface area contributed by atoms with Crippen LogP contribution in [0.5, 0.6) is 0 Å². The van der Waals surface area contributed by atoms with Crippen molar-refractivity contribution in [2.24, 2.45) is 17.8 Å². The molecule has 1 aliphatic carbocycles. The van der Waals surface area contributed by atoms with E-state index >= 15 is 0 Å². The van der Waals surface area contributed by atoms with Gasteiger partial charge >= 0.3 is 6.09 Å². The zero-order chi connectivity index (χ0) is 25.9. The maximum Gasteiger partial charge on any atom is 0.409 e. The fourth-order valence-corrected chi connectivity index (χ4v) is 6.33. The van der Waals surface area contributed by atoms with Crippen molar-refractivity contribution in [3.8, 4) is 0 Å². The average molecular weight is 502 g/mol. The lowest BCUT2D eigenvalue weighted by Gasteiger charge is -2.41. The van der Waals surface area contributed by atoms with Crippen LogP contribution in [-0.2, 0) is 22.6 Å². The number of amides is 2. The number of carbonyl (C=O) groups excluding carboxylic acids is 2. The van der Waals surface area contributed by atoms with Gasteiger partial charge in [0.15, 0.2) is 0 Å². The molecule has 1 aromatic heterocycles. The Balaban J connectivity index is 1.16. The smallest absolute Gasteiger partial charge is 0.409 e. The summed E-state index contributed by atoms with van der Waals surface area (Å²) < 4.78 is 5.48. The normalized spacial score (nSPS) is 21.6. The van der Waals surface area contributed by atoms with Crippen LogP contribution in [0.1, 0.15) is 62.4 Å². The SMILES string of the molecule is CC(C)C1c2[nH]c3ccccc3c2CCN1C(=O)C1CCC(CN(C)C(=O)OCc2ccccc2)CC1. The van der Waals surface area contributed by atoms with Crippen molar-refractivity contribution in [3.05, 3.63) is 71.4 Å². The number of hydrogen-bond acceptors (Lipinski definition) is 3. The van der Waals surface area contributed by atoms with Gasteiger partial charge in [0.1, 0.15) is 6.61 Å². The molecule has 0 spiro atoms. The summed E-state index contributed by atoms with van der Waals surface area (Å²) in [4.78, 5) is 33.7. The van der Waals surface area contributed by atoms with E-state index in [0.29, 0.717) is 24.3 Å². The molecule has 6 heteroatoms. The van der Waals surface area contributed by atoms with Crippen LogP contribution >= 0.6 is 0 Å². The Morgan fingerprint density at radius 1 is 1.03 bits per heavy atom. The molecule has 196 valence electrons. The Hall–Kier alpha value is -3.28. The molecule has 1 unspecified atom stereocenters. The standard InChI is InChI=1S/C31H39N3O3/c1-21(2)29-28-26(25-11-7-8-12-27(25)32-28)17-18-34(29)30(35)24-15-13-22(14-16-24)19-33(3)31(36)37-20-23-9-5-4-6-10-23/h4-12,21-22,24,29,32H,13-20H2,1-3H3. The van der Waals surface area contributed by atoms with Crippen molar-refractivity contribution in [2.75, 3.05) is 20.1 Å². The maximum absolute atomic E-state index is 13.8. The van der Waals surface area contributed by atoms with Crippen molar-refractivity contribution < 1.29 is 14.3 Å². The van der Waals surface area contributed by atoms with E-state index in [4.69, 9.17) is 4.74 Å². The fourth-order valence-electron chi connectivity index (χ4n) is 6.33. The minimum atomic E-state index is -0.288. The number of carbonyl (C=O) groups is 2. The van der Waals surface area contributed by atoms with Gasteiger partial charge in [-0.05, 0) is 61.1 Å². The zero-order valence-electron chi connectivity index (χ0n) is 22.3. The van der Waals surface area contributed by atoms with Gasteiger partial charge in [-0.1, -0.05) is 62.4 Å². The Labute approximate surface area is 220 Å². The highest BCUT2D eigenvalue weighted by Crippen LogP contribution is 2.40. The van der Waals surface area contributed by atoms with E-state index in [1.165, 1.54) is 22.2 Å². The molecule has 1 fully saturated rings. The van der Waals surface area contributed by atoms with Gasteiger partial charge < -0.3 is 19.5 Å². The van der Waals surface area contributed by atoms with Crippen LogP contribution in [0, 0.1) is 17.8 Å². The first-order chi connectivity index (χ1) is 17.9. The minimum Gasteiger partial charge on any atom is -0.445 e. The summed E-state index contributed by atoms with van der Waals surface area (Å²) in [5.41, 5.74) is 4.75. The summed E-state index contributed by atoms with van der Waals surface area (Å²) in [6, 6.07) is 18.3. The molecule has 1 atom stereocenters. The lowest BCUT2D eigenvalue weighted by atomic mass is 9.80. The maximum atomic E-state index is 13.8. The van der Waals surface area contributed by atoms with Crippen molar-refractivity contribution in [1.82, 2.24) is 14.8 Å². The third kappa shape index (κ3) is 5.39. The zero-order valence-corrected chi connectivity index (χ0v) is 22.3. The second-order valence-electron chi connectivity index (χ2n) is 11.2. The predicted octanol–water partition coefficient (Wildman–Crippen LogP) is 6.32. The molecule has 1 saturated carbocycles. The number of benzene rings is 2. The molecule has 2 aromatic carbocycles. The van der Waals surface area contributed by atoms with E-state index in [9.17, 15) is 9.59 Å². The van der Waals surface area contributed by atoms with Crippen molar-refractivity contribution in [3.63, 3.8) is 0 Å². The molecule has 6 nitrogen and oxygen atoms in total. The largest absolute Gasteiger partial charge is 0.445 e. The Kier molecular flexibility index (Phi) is 7.54. The number of hydrogen-bond donors (Lipinski definition) is 1. The lowest BCUT2D eigenvalue weighted by Crippen LogP contribution is -2.46. The third-order valence-electron chi connectivity index (χ3n) is 8.24. The predicted molar refractivity (Wildman–Crippen MR) is 146 cm³/mol. The van der Waals surface area contributed by atoms with Crippen molar-refractivity contribution in [2.45, 2.75) is 58.6 Å². The minimum absolute atomic E-state index is 0.0683. The number of para-hydroxylation sites is 1. The quantitative estimate of drug-likeness (QED) is 0.430. The van der Waals surface area contributed by atoms with Crippen molar-refractivity contribution >= 4 is 22.9 Å². The first-order valence-corrected chi connectivity index (χ1v) is 13.7. The van der Waals surface area contributed by atoms with Gasteiger partial charge in [0.25, 0.3) is 0 Å². The van der Waals surface area contributed by atoms with E-state index in [2.05, 4.69) is 48.0 Å². The molecule has 0 saturated heterocycles. The number of fused-ring (bicyclic) bond motifs is 3. The van der Waals surface area contributed by atoms with Gasteiger partial charge in [0.05, 0.1) is 6.04 Å². The first kappa shape index (κ1) is 25.4. The number of H-pyrrole nitrogens is 1. The van der Waals surface area contributed by atoms with E-state index in [1.807, 2.05) is 37.4 Å². The van der Waals surface area contributed by atoms with E-state index in [0.717, 1.165) is 44.2 Å². The average Bonchev–Trinajstić information content (AvgIpc) is 3.30. The number of rotatable bonds is 6. The summed E-state index contributed by atoms with van der Waals surface area (Å²) >= 11 is 0. The molecule has 1 aliphatic heterocycles. The lowest BCUT2D eigenvalue weighted by molar-refractivity contribution is -0.141. The third-order valence-corrected chi connectivity index (χ3v) is 8.24. The van der Waals surface area contributed by atoms with Crippen LogP contribution in [0.4, 0.5) is 4.79 Å². The molecular weight excluding hydrogens is 462 g/mol. The van der Waals surface area contributed by atoms with Gasteiger partial charge in [-0.3, -0.25) is 4.79 Å². The number of aromatic nitrogens is 1. The number of nitrogens with one attached hydrogen (secondary N) is 1. The van der Waals surface area contributed by atoms with Crippen LogP contribution in [-0.4, -0.2) is 46.9 Å². The van der Waals surface area contributed by atoms with Gasteiger partial charge in [-0.25, -0.2) is 4.79 Å². The monoisotopic (exact) mass is 501 g/mol.